The van der Waals surface area contributed by atoms with Crippen molar-refractivity contribution in [2.24, 2.45) is 0 Å². The number of rotatable bonds is 5. The summed E-state index contributed by atoms with van der Waals surface area (Å²) in [6, 6.07) is 7.55. The highest BCUT2D eigenvalue weighted by molar-refractivity contribution is 7.89. The first-order valence-electron chi connectivity index (χ1n) is 10.0. The van der Waals surface area contributed by atoms with E-state index in [2.05, 4.69) is 19.2 Å². The monoisotopic (exact) mass is 393 g/mol. The maximum Gasteiger partial charge on any atom is 0.243 e. The number of sulfonamides is 1. The van der Waals surface area contributed by atoms with Gasteiger partial charge in [0.25, 0.3) is 0 Å². The average Bonchev–Trinajstić information content (AvgIpc) is 2.69. The number of carbonyl (C=O) groups excluding carboxylic acids is 1. The van der Waals surface area contributed by atoms with Crippen molar-refractivity contribution in [3.8, 4) is 0 Å². The summed E-state index contributed by atoms with van der Waals surface area (Å²) in [4.78, 5) is 14.9. The van der Waals surface area contributed by atoms with Crippen LogP contribution in [0.1, 0.15) is 45.1 Å². The van der Waals surface area contributed by atoms with Crippen molar-refractivity contribution in [1.29, 1.82) is 0 Å². The molecule has 0 spiro atoms. The topological polar surface area (TPSA) is 69.7 Å². The Morgan fingerprint density at radius 1 is 1.07 bits per heavy atom. The van der Waals surface area contributed by atoms with Crippen LogP contribution in [0.4, 0.5) is 0 Å². The Balaban J connectivity index is 1.58. The summed E-state index contributed by atoms with van der Waals surface area (Å²) < 4.78 is 27.0. The minimum absolute atomic E-state index is 0.167. The van der Waals surface area contributed by atoms with E-state index in [0.29, 0.717) is 36.9 Å². The average molecular weight is 394 g/mol. The van der Waals surface area contributed by atoms with Crippen LogP contribution in [0.15, 0.2) is 29.2 Å². The highest BCUT2D eigenvalue weighted by atomic mass is 32.2. The molecule has 6 nitrogen and oxygen atoms in total. The molecule has 2 fully saturated rings. The third kappa shape index (κ3) is 4.70. The molecule has 2 heterocycles. The first-order chi connectivity index (χ1) is 12.9. The van der Waals surface area contributed by atoms with E-state index in [1.165, 1.54) is 0 Å². The van der Waals surface area contributed by atoms with Gasteiger partial charge in [-0.05, 0) is 50.8 Å². The molecule has 2 aliphatic heterocycles. The van der Waals surface area contributed by atoms with E-state index in [1.54, 1.807) is 16.4 Å². The molecule has 0 radical (unpaired) electrons. The summed E-state index contributed by atoms with van der Waals surface area (Å²) in [5.74, 6) is 0.167. The Hall–Kier alpha value is -1.44. The molecule has 2 saturated heterocycles. The number of hydrogen-bond donors (Lipinski definition) is 1. The molecule has 1 amide bonds. The van der Waals surface area contributed by atoms with E-state index >= 15 is 0 Å². The Kier molecular flexibility index (Phi) is 6.55. The molecular weight excluding hydrogens is 362 g/mol. The summed E-state index contributed by atoms with van der Waals surface area (Å²) in [6.07, 6.45) is 4.05. The zero-order chi connectivity index (χ0) is 19.4. The molecule has 1 aromatic carbocycles. The molecule has 150 valence electrons. The Bertz CT molecular complexity index is 742. The molecule has 2 unspecified atom stereocenters. The molecule has 1 aromatic rings. The lowest BCUT2D eigenvalue weighted by Gasteiger charge is -2.38. The van der Waals surface area contributed by atoms with Gasteiger partial charge in [0.05, 0.1) is 4.90 Å². The van der Waals surface area contributed by atoms with Crippen molar-refractivity contribution in [2.45, 2.75) is 62.9 Å². The third-order valence-electron chi connectivity index (χ3n) is 5.86. The lowest BCUT2D eigenvalue weighted by atomic mass is 10.0. The highest BCUT2D eigenvalue weighted by Gasteiger charge is 2.28. The molecule has 1 N–H and O–H groups in total. The van der Waals surface area contributed by atoms with Crippen LogP contribution in [0, 0.1) is 0 Å². The molecule has 7 heteroatoms. The van der Waals surface area contributed by atoms with Crippen LogP contribution in [0.5, 0.6) is 0 Å². The smallest absolute Gasteiger partial charge is 0.243 e. The maximum absolute atomic E-state index is 12.7. The van der Waals surface area contributed by atoms with Gasteiger partial charge in [0, 0.05) is 44.7 Å². The van der Waals surface area contributed by atoms with Crippen molar-refractivity contribution in [3.63, 3.8) is 0 Å². The number of nitrogens with zero attached hydrogens (tertiary/aromatic N) is 2. The van der Waals surface area contributed by atoms with Gasteiger partial charge in [0.1, 0.15) is 0 Å². The fraction of sp³-hybridized carbons (Fsp3) is 0.650. The largest absolute Gasteiger partial charge is 0.337 e. The van der Waals surface area contributed by atoms with Crippen LogP contribution in [0.25, 0.3) is 0 Å². The molecule has 0 saturated carbocycles. The van der Waals surface area contributed by atoms with Gasteiger partial charge in [-0.15, -0.1) is 0 Å². The SMILES string of the molecule is CC1NCCN(C(=O)CCc2ccc(S(=O)(=O)N3CCCCC3)cc2)C1C. The number of nitrogens with one attached hydrogen (secondary N) is 1. The quantitative estimate of drug-likeness (QED) is 0.831. The Morgan fingerprint density at radius 3 is 2.41 bits per heavy atom. The number of carbonyl (C=O) groups is 1. The molecule has 0 bridgehead atoms. The number of benzene rings is 1. The second kappa shape index (κ2) is 8.71. The van der Waals surface area contributed by atoms with Crippen LogP contribution in [0.2, 0.25) is 0 Å². The minimum Gasteiger partial charge on any atom is -0.337 e. The molecular formula is C20H31N3O3S. The van der Waals surface area contributed by atoms with Crippen LogP contribution >= 0.6 is 0 Å². The van der Waals surface area contributed by atoms with Gasteiger partial charge in [0.2, 0.25) is 15.9 Å². The lowest BCUT2D eigenvalue weighted by Crippen LogP contribution is -2.57. The van der Waals surface area contributed by atoms with Gasteiger partial charge in [-0.2, -0.15) is 4.31 Å². The van der Waals surface area contributed by atoms with Crippen LogP contribution in [-0.2, 0) is 21.2 Å². The van der Waals surface area contributed by atoms with E-state index in [9.17, 15) is 13.2 Å². The second-order valence-corrected chi connectivity index (χ2v) is 9.62. The number of hydrogen-bond acceptors (Lipinski definition) is 4. The minimum atomic E-state index is -3.39. The Morgan fingerprint density at radius 2 is 1.74 bits per heavy atom. The second-order valence-electron chi connectivity index (χ2n) is 7.68. The highest BCUT2D eigenvalue weighted by Crippen LogP contribution is 2.21. The molecule has 2 atom stereocenters. The van der Waals surface area contributed by atoms with Crippen molar-refractivity contribution in [2.75, 3.05) is 26.2 Å². The van der Waals surface area contributed by atoms with Crippen LogP contribution in [-0.4, -0.2) is 61.8 Å². The van der Waals surface area contributed by atoms with E-state index in [-0.39, 0.29) is 11.9 Å². The first-order valence-corrected chi connectivity index (χ1v) is 11.5. The van der Waals surface area contributed by atoms with Crippen molar-refractivity contribution in [3.05, 3.63) is 29.8 Å². The van der Waals surface area contributed by atoms with Gasteiger partial charge in [0.15, 0.2) is 0 Å². The van der Waals surface area contributed by atoms with Crippen LogP contribution < -0.4 is 5.32 Å². The van der Waals surface area contributed by atoms with Gasteiger partial charge < -0.3 is 10.2 Å². The predicted octanol–water partition coefficient (Wildman–Crippen LogP) is 2.00. The molecule has 27 heavy (non-hydrogen) atoms. The third-order valence-corrected chi connectivity index (χ3v) is 7.77. The van der Waals surface area contributed by atoms with E-state index in [4.69, 9.17) is 0 Å². The Labute approximate surface area is 163 Å². The predicted molar refractivity (Wildman–Crippen MR) is 106 cm³/mol. The standard InChI is InChI=1S/C20H31N3O3S/c1-16-17(2)23(15-12-21-16)20(24)11-8-18-6-9-19(10-7-18)27(25,26)22-13-4-3-5-14-22/h6-7,9-10,16-17,21H,3-5,8,11-15H2,1-2H3. The number of aryl methyl sites for hydroxylation is 1. The van der Waals surface area contributed by atoms with E-state index < -0.39 is 10.0 Å². The normalized spacial score (nSPS) is 24.7. The summed E-state index contributed by atoms with van der Waals surface area (Å²) >= 11 is 0. The lowest BCUT2D eigenvalue weighted by molar-refractivity contribution is -0.134. The van der Waals surface area contributed by atoms with Crippen molar-refractivity contribution in [1.82, 2.24) is 14.5 Å². The zero-order valence-electron chi connectivity index (χ0n) is 16.4. The van der Waals surface area contributed by atoms with Crippen molar-refractivity contribution < 1.29 is 13.2 Å². The van der Waals surface area contributed by atoms with Gasteiger partial charge in [-0.25, -0.2) is 8.42 Å². The number of piperazine rings is 1. The van der Waals surface area contributed by atoms with Gasteiger partial charge in [-0.3, -0.25) is 4.79 Å². The van der Waals surface area contributed by atoms with E-state index in [1.807, 2.05) is 17.0 Å². The number of piperidine rings is 1. The molecule has 0 aromatic heterocycles. The summed E-state index contributed by atoms with van der Waals surface area (Å²) in [6.45, 7) is 6.98. The van der Waals surface area contributed by atoms with Gasteiger partial charge >= 0.3 is 0 Å². The maximum atomic E-state index is 12.7. The van der Waals surface area contributed by atoms with Gasteiger partial charge in [-0.1, -0.05) is 18.6 Å². The van der Waals surface area contributed by atoms with Crippen LogP contribution in [0.3, 0.4) is 0 Å². The summed E-state index contributed by atoms with van der Waals surface area (Å²) in [7, 11) is -3.39. The first kappa shape index (κ1) is 20.3. The zero-order valence-corrected chi connectivity index (χ0v) is 17.2. The summed E-state index contributed by atoms with van der Waals surface area (Å²) in [5.41, 5.74) is 0.997. The van der Waals surface area contributed by atoms with Crippen molar-refractivity contribution >= 4 is 15.9 Å². The fourth-order valence-electron chi connectivity index (χ4n) is 3.89. The molecule has 3 rings (SSSR count). The molecule has 0 aliphatic carbocycles. The molecule has 2 aliphatic rings. The fourth-order valence-corrected chi connectivity index (χ4v) is 5.40. The van der Waals surface area contributed by atoms with E-state index in [0.717, 1.165) is 37.9 Å². The summed E-state index contributed by atoms with van der Waals surface area (Å²) in [5, 5.41) is 3.38. The number of amides is 1.